The summed E-state index contributed by atoms with van der Waals surface area (Å²) < 4.78 is 42.1. The molecule has 69 heavy (non-hydrogen) atoms. The summed E-state index contributed by atoms with van der Waals surface area (Å²) in [6, 6.07) is -3.38. The highest BCUT2D eigenvalue weighted by molar-refractivity contribution is 6.01. The van der Waals surface area contributed by atoms with Gasteiger partial charge in [0, 0.05) is 48.5 Å². The summed E-state index contributed by atoms with van der Waals surface area (Å²) in [7, 11) is 4.66. The molecule has 1 aliphatic rings. The number of nitrogens with one attached hydrogen (secondary N) is 3. The fourth-order valence-corrected chi connectivity index (χ4v) is 6.98. The first-order valence-corrected chi connectivity index (χ1v) is 22.1. The van der Waals surface area contributed by atoms with Crippen LogP contribution in [0.2, 0.25) is 0 Å². The molecule has 1 aromatic rings. The number of hydrogen-bond donors (Lipinski definition) is 4. The molecule has 0 aliphatic carbocycles. The van der Waals surface area contributed by atoms with Gasteiger partial charge in [0.1, 0.15) is 48.0 Å². The molecule has 1 fully saturated rings. The van der Waals surface area contributed by atoms with Crippen molar-refractivity contribution in [1.29, 1.82) is 0 Å². The average molecular weight is 979 g/mol. The Labute approximate surface area is 400 Å². The minimum absolute atomic E-state index is 0.163. The molecule has 1 saturated heterocycles. The van der Waals surface area contributed by atoms with Crippen LogP contribution in [0.4, 0.5) is 4.39 Å². The van der Waals surface area contributed by atoms with Crippen molar-refractivity contribution in [2.45, 2.75) is 142 Å². The van der Waals surface area contributed by atoms with E-state index in [9.17, 15) is 57.4 Å². The Morgan fingerprint density at radius 2 is 1.46 bits per heavy atom. The molecular formula is C46H67FN6O16. The molecule has 1 aromatic carbocycles. The predicted molar refractivity (Wildman–Crippen MR) is 241 cm³/mol. The van der Waals surface area contributed by atoms with Crippen LogP contribution in [0.5, 0.6) is 0 Å². The molecule has 384 valence electrons. The van der Waals surface area contributed by atoms with Gasteiger partial charge in [-0.05, 0) is 57.2 Å². The van der Waals surface area contributed by atoms with Crippen LogP contribution in [-0.4, -0.2) is 174 Å². The van der Waals surface area contributed by atoms with Crippen LogP contribution in [0.1, 0.15) is 74.8 Å². The van der Waals surface area contributed by atoms with Crippen molar-refractivity contribution in [2.24, 2.45) is 11.8 Å². The molecule has 22 nitrogen and oxygen atoms in total. The first kappa shape index (κ1) is 58.6. The zero-order valence-corrected chi connectivity index (χ0v) is 41.5. The number of esters is 4. The van der Waals surface area contributed by atoms with E-state index in [4.69, 9.17) is 23.7 Å². The summed E-state index contributed by atoms with van der Waals surface area (Å²) in [5.41, 5.74) is -0.387. The Kier molecular flexibility index (Phi) is 21.9. The monoisotopic (exact) mass is 978 g/mol. The predicted octanol–water partition coefficient (Wildman–Crippen LogP) is -0.0832. The second-order valence-corrected chi connectivity index (χ2v) is 17.5. The van der Waals surface area contributed by atoms with Gasteiger partial charge in [0.2, 0.25) is 29.7 Å². The van der Waals surface area contributed by atoms with Gasteiger partial charge in [-0.3, -0.25) is 33.6 Å². The number of aliphatic hydroxyl groups excluding tert-OH is 1. The SMILES string of the molecule is C=C1C(=O)N[C@@H](C)C(=O)N(C)[C@@H](C)C(=O)N[C@@H]([C@H](OC(=O)C(OC(C)=O)[C@H](O)C(C)C)C(C)C)C(=O)N(C)C([C@@H](C)OC)C(=O)O[C@H](C)[C@H](NC(C)=O)C(=O)O[C@H](Cc2cccc(F)c2)C(=O)N1C. The lowest BCUT2D eigenvalue weighted by Crippen LogP contribution is -2.63. The van der Waals surface area contributed by atoms with Crippen LogP contribution in [0.3, 0.4) is 0 Å². The molecule has 1 aliphatic heterocycles. The highest BCUT2D eigenvalue weighted by atomic mass is 19.1. The zero-order chi connectivity index (χ0) is 52.9. The number of carbonyl (C=O) groups excluding carboxylic acids is 10. The third-order valence-corrected chi connectivity index (χ3v) is 11.4. The molecule has 4 N–H and O–H groups in total. The molecule has 6 amide bonds. The Hall–Kier alpha value is -6.49. The normalized spacial score (nSPS) is 25.0. The van der Waals surface area contributed by atoms with Crippen molar-refractivity contribution < 1.29 is 81.1 Å². The van der Waals surface area contributed by atoms with Gasteiger partial charge in [0.25, 0.3) is 11.8 Å². The van der Waals surface area contributed by atoms with Crippen LogP contribution in [0, 0.1) is 17.7 Å². The fraction of sp³-hybridized carbons (Fsp3) is 0.609. The third-order valence-electron chi connectivity index (χ3n) is 11.4. The lowest BCUT2D eigenvalue weighted by Gasteiger charge is -2.38. The third kappa shape index (κ3) is 15.8. The number of likely N-dealkylation sites (N-methyl/N-ethyl adjacent to an activating group) is 3. The van der Waals surface area contributed by atoms with Crippen LogP contribution < -0.4 is 16.0 Å². The molecule has 2 unspecified atom stereocenters. The van der Waals surface area contributed by atoms with E-state index in [1.54, 1.807) is 0 Å². The van der Waals surface area contributed by atoms with Gasteiger partial charge in [-0.25, -0.2) is 18.8 Å². The topological polar surface area (TPSA) is 283 Å². The number of rotatable bonds is 12. The minimum atomic E-state index is -1.91. The van der Waals surface area contributed by atoms with E-state index in [1.165, 1.54) is 81.7 Å². The average Bonchev–Trinajstić information content (AvgIpc) is 3.27. The summed E-state index contributed by atoms with van der Waals surface area (Å²) in [6.07, 6.45) is -10.3. The molecule has 0 bridgehead atoms. The number of halogens is 1. The van der Waals surface area contributed by atoms with Gasteiger partial charge in [0.05, 0.1) is 6.10 Å². The molecule has 1 heterocycles. The number of cyclic esters (lactones) is 2. The molecular weight excluding hydrogens is 912 g/mol. The van der Waals surface area contributed by atoms with Crippen LogP contribution >= 0.6 is 0 Å². The number of benzene rings is 1. The fourth-order valence-electron chi connectivity index (χ4n) is 6.98. The van der Waals surface area contributed by atoms with Crippen molar-refractivity contribution >= 4 is 59.3 Å². The standard InChI is InChI=1S/C46H67FN6O16/c1-21(2)36(56)38(67-29(11)55)46(64)69-37(22(3)4)34-43(61)53(14)35(27(9)65-15)45(63)66-26(8)33(49-28(10)54)44(62)68-32(20-30-17-16-18-31(47)19-30)42(60)52(13)24(6)39(57)48-23(5)41(59)51(12)25(7)40(58)50-34/h16-19,21-23,25-27,32-38,56H,6,20H2,1-5,7-15H3,(H,48,57)(H,49,54)(H,50,58)/t23-,25-,26+,27+,32+,33-,34-,35?,36+,37+,38?/m0/s1. The lowest BCUT2D eigenvalue weighted by molar-refractivity contribution is -0.184. The van der Waals surface area contributed by atoms with Crippen molar-refractivity contribution in [1.82, 2.24) is 30.7 Å². The van der Waals surface area contributed by atoms with Gasteiger partial charge in [0.15, 0.2) is 18.2 Å². The van der Waals surface area contributed by atoms with Gasteiger partial charge in [-0.15, -0.1) is 0 Å². The van der Waals surface area contributed by atoms with Crippen molar-refractivity contribution in [3.05, 3.63) is 47.9 Å². The number of ether oxygens (including phenoxy) is 5. The molecule has 11 atom stereocenters. The maximum absolute atomic E-state index is 14.9. The summed E-state index contributed by atoms with van der Waals surface area (Å²) in [6.45, 7) is 16.9. The zero-order valence-electron chi connectivity index (χ0n) is 41.5. The van der Waals surface area contributed by atoms with Crippen LogP contribution in [-0.2, 0) is 78.1 Å². The number of carbonyl (C=O) groups is 10. The van der Waals surface area contributed by atoms with E-state index in [-0.39, 0.29) is 5.56 Å². The number of amides is 6. The minimum Gasteiger partial charge on any atom is -0.458 e. The number of methoxy groups -OCH3 is 1. The lowest BCUT2D eigenvalue weighted by atomic mass is 9.96. The summed E-state index contributed by atoms with van der Waals surface area (Å²) >= 11 is 0. The number of hydrogen-bond acceptors (Lipinski definition) is 16. The Morgan fingerprint density at radius 3 is 1.99 bits per heavy atom. The van der Waals surface area contributed by atoms with Gasteiger partial charge < -0.3 is 59.4 Å². The van der Waals surface area contributed by atoms with Crippen LogP contribution in [0.15, 0.2) is 36.5 Å². The van der Waals surface area contributed by atoms with E-state index < -0.39 is 156 Å². The first-order chi connectivity index (χ1) is 32.0. The highest BCUT2D eigenvalue weighted by Gasteiger charge is 2.46. The molecule has 0 saturated carbocycles. The molecule has 0 aromatic heterocycles. The van der Waals surface area contributed by atoms with E-state index in [0.717, 1.165) is 54.8 Å². The van der Waals surface area contributed by atoms with Gasteiger partial charge in [-0.2, -0.15) is 0 Å². The number of aliphatic hydroxyl groups is 1. The summed E-state index contributed by atoms with van der Waals surface area (Å²) in [5, 5.41) is 18.1. The highest BCUT2D eigenvalue weighted by Crippen LogP contribution is 2.22. The Balaban J connectivity index is 2.91. The van der Waals surface area contributed by atoms with E-state index >= 15 is 0 Å². The largest absolute Gasteiger partial charge is 0.458 e. The van der Waals surface area contributed by atoms with E-state index in [2.05, 4.69) is 22.5 Å². The quantitative estimate of drug-likeness (QED) is 0.121. The molecule has 2 rings (SSSR count). The summed E-state index contributed by atoms with van der Waals surface area (Å²) in [5.74, 6) is -12.9. The van der Waals surface area contributed by atoms with E-state index in [0.29, 0.717) is 0 Å². The maximum Gasteiger partial charge on any atom is 0.350 e. The van der Waals surface area contributed by atoms with Crippen molar-refractivity contribution in [3.8, 4) is 0 Å². The maximum atomic E-state index is 14.9. The molecule has 0 radical (unpaired) electrons. The Morgan fingerprint density at radius 1 is 0.855 bits per heavy atom. The van der Waals surface area contributed by atoms with Gasteiger partial charge in [-0.1, -0.05) is 46.4 Å². The van der Waals surface area contributed by atoms with Crippen molar-refractivity contribution in [2.75, 3.05) is 28.3 Å². The molecule has 0 spiro atoms. The number of nitrogens with zero attached hydrogens (tertiary/aromatic N) is 3. The van der Waals surface area contributed by atoms with Crippen molar-refractivity contribution in [3.63, 3.8) is 0 Å². The summed E-state index contributed by atoms with van der Waals surface area (Å²) in [4.78, 5) is 140. The van der Waals surface area contributed by atoms with Gasteiger partial charge >= 0.3 is 23.9 Å². The van der Waals surface area contributed by atoms with Crippen LogP contribution in [0.25, 0.3) is 0 Å². The Bertz CT molecular complexity index is 2100. The van der Waals surface area contributed by atoms with E-state index in [1.807, 2.05) is 0 Å². The smallest absolute Gasteiger partial charge is 0.350 e. The first-order valence-electron chi connectivity index (χ1n) is 22.1. The second-order valence-electron chi connectivity index (χ2n) is 17.5. The second kappa shape index (κ2) is 25.8. The molecule has 23 heteroatoms.